The maximum atomic E-state index is 12.5. The van der Waals surface area contributed by atoms with Gasteiger partial charge in [0, 0.05) is 24.5 Å². The second-order valence-electron chi connectivity index (χ2n) is 7.92. The molecule has 0 bridgehead atoms. The summed E-state index contributed by atoms with van der Waals surface area (Å²) in [6.07, 6.45) is 6.81. The van der Waals surface area contributed by atoms with Gasteiger partial charge in [-0.3, -0.25) is 14.6 Å². The Hall–Kier alpha value is -3.53. The van der Waals surface area contributed by atoms with E-state index in [1.807, 2.05) is 31.2 Å². The van der Waals surface area contributed by atoms with Crippen molar-refractivity contribution in [3.8, 4) is 0 Å². The molecule has 2 aromatic carbocycles. The summed E-state index contributed by atoms with van der Waals surface area (Å²) in [7, 11) is 0. The molecule has 0 aliphatic heterocycles. The van der Waals surface area contributed by atoms with Crippen LogP contribution in [0.15, 0.2) is 79.6 Å². The minimum absolute atomic E-state index is 0.0725. The number of aromatic nitrogens is 1. The van der Waals surface area contributed by atoms with E-state index >= 15 is 0 Å². The van der Waals surface area contributed by atoms with Gasteiger partial charge in [0.1, 0.15) is 0 Å². The summed E-state index contributed by atoms with van der Waals surface area (Å²) in [6, 6.07) is 18.2. The molecule has 1 N–H and O–H groups in total. The van der Waals surface area contributed by atoms with Crippen LogP contribution >= 0.6 is 0 Å². The minimum atomic E-state index is -0.161. The highest BCUT2D eigenvalue weighted by atomic mass is 16.1. The molecule has 0 spiro atoms. The van der Waals surface area contributed by atoms with E-state index in [4.69, 9.17) is 0 Å². The van der Waals surface area contributed by atoms with Crippen LogP contribution in [0.2, 0.25) is 0 Å². The van der Waals surface area contributed by atoms with Crippen LogP contribution in [0.1, 0.15) is 51.9 Å². The third-order valence-electron chi connectivity index (χ3n) is 5.30. The van der Waals surface area contributed by atoms with Crippen molar-refractivity contribution in [1.29, 1.82) is 0 Å². The zero-order valence-electron chi connectivity index (χ0n) is 18.1. The molecule has 31 heavy (non-hydrogen) atoms. The molecule has 1 aromatic heterocycles. The minimum Gasteiger partial charge on any atom is -0.322 e. The Balaban J connectivity index is 1.62. The van der Waals surface area contributed by atoms with Crippen LogP contribution in [-0.2, 0) is 17.6 Å². The monoisotopic (exact) mass is 412 g/mol. The normalized spacial score (nSPS) is 11.5. The summed E-state index contributed by atoms with van der Waals surface area (Å²) < 4.78 is 0. The average molecular weight is 413 g/mol. The fraction of sp³-hybridized carbons (Fsp3) is 0.222. The quantitative estimate of drug-likeness (QED) is 0.460. The molecule has 4 nitrogen and oxygen atoms in total. The van der Waals surface area contributed by atoms with Gasteiger partial charge in [-0.2, -0.15) is 0 Å². The van der Waals surface area contributed by atoms with E-state index in [2.05, 4.69) is 54.1 Å². The second-order valence-corrected chi connectivity index (χ2v) is 7.92. The second kappa shape index (κ2) is 10.5. The molecular weight excluding hydrogens is 384 g/mol. The number of ketones is 1. The maximum Gasteiger partial charge on any atom is 0.257 e. The number of allylic oxidation sites excluding steroid dienone is 1. The molecule has 0 unspecified atom stereocenters. The molecular formula is C27H28N2O2. The number of anilines is 1. The van der Waals surface area contributed by atoms with Crippen LogP contribution in [0.5, 0.6) is 0 Å². The van der Waals surface area contributed by atoms with Crippen molar-refractivity contribution in [3.63, 3.8) is 0 Å². The lowest BCUT2D eigenvalue weighted by Gasteiger charge is -2.14. The van der Waals surface area contributed by atoms with Crippen LogP contribution < -0.4 is 5.32 Å². The summed E-state index contributed by atoms with van der Waals surface area (Å²) in [4.78, 5) is 28.0. The van der Waals surface area contributed by atoms with Crippen molar-refractivity contribution < 1.29 is 9.59 Å². The van der Waals surface area contributed by atoms with Crippen molar-refractivity contribution in [3.05, 3.63) is 107 Å². The molecule has 1 amide bonds. The van der Waals surface area contributed by atoms with Gasteiger partial charge < -0.3 is 5.32 Å². The molecule has 0 aliphatic rings. The lowest BCUT2D eigenvalue weighted by atomic mass is 9.92. The Morgan fingerprint density at radius 1 is 1.06 bits per heavy atom. The lowest BCUT2D eigenvalue weighted by Crippen LogP contribution is -2.12. The van der Waals surface area contributed by atoms with Crippen molar-refractivity contribution in [2.45, 2.75) is 39.0 Å². The van der Waals surface area contributed by atoms with E-state index in [0.717, 1.165) is 29.7 Å². The van der Waals surface area contributed by atoms with Crippen LogP contribution in [0, 0.1) is 6.92 Å². The number of amides is 1. The molecule has 0 saturated carbocycles. The number of rotatable bonds is 9. The van der Waals surface area contributed by atoms with E-state index in [9.17, 15) is 9.59 Å². The molecule has 0 aliphatic carbocycles. The van der Waals surface area contributed by atoms with E-state index in [-0.39, 0.29) is 11.7 Å². The van der Waals surface area contributed by atoms with Crippen molar-refractivity contribution in [2.24, 2.45) is 0 Å². The zero-order chi connectivity index (χ0) is 22.2. The average Bonchev–Trinajstić information content (AvgIpc) is 2.78. The molecule has 4 heteroatoms. The maximum absolute atomic E-state index is 12.5. The molecule has 1 atom stereocenters. The van der Waals surface area contributed by atoms with Crippen LogP contribution in [0.25, 0.3) is 0 Å². The largest absolute Gasteiger partial charge is 0.322 e. The first kappa shape index (κ1) is 22.2. The third kappa shape index (κ3) is 6.48. The number of benzene rings is 2. The number of pyridine rings is 1. The first-order valence-electron chi connectivity index (χ1n) is 10.5. The van der Waals surface area contributed by atoms with Crippen LogP contribution in [0.3, 0.4) is 0 Å². The summed E-state index contributed by atoms with van der Waals surface area (Å²) >= 11 is 0. The SMILES string of the molecule is C=CC(=O)CCc1ccc(C[C@@H](C)c2cccc(NC(=O)c3cncc(C)c3)c2)cc1. The van der Waals surface area contributed by atoms with Gasteiger partial charge in [0.25, 0.3) is 5.91 Å². The van der Waals surface area contributed by atoms with E-state index in [1.165, 1.54) is 17.2 Å². The van der Waals surface area contributed by atoms with Gasteiger partial charge in [-0.1, -0.05) is 49.9 Å². The molecule has 0 saturated heterocycles. The van der Waals surface area contributed by atoms with E-state index in [0.29, 0.717) is 17.9 Å². The number of carbonyl (C=O) groups is 2. The predicted molar refractivity (Wildman–Crippen MR) is 125 cm³/mol. The van der Waals surface area contributed by atoms with Gasteiger partial charge in [0.2, 0.25) is 0 Å². The van der Waals surface area contributed by atoms with Crippen molar-refractivity contribution in [2.75, 3.05) is 5.32 Å². The summed E-state index contributed by atoms with van der Waals surface area (Å²) in [6.45, 7) is 7.61. The zero-order valence-corrected chi connectivity index (χ0v) is 18.1. The number of nitrogens with zero attached hydrogens (tertiary/aromatic N) is 1. The standard InChI is InChI=1S/C27H28N2O2/c1-4-26(30)13-12-21-8-10-22(11-9-21)15-20(3)23-6-5-7-25(16-23)29-27(31)24-14-19(2)17-28-18-24/h4-11,14,16-18,20H,1,12-13,15H2,2-3H3,(H,29,31)/t20-/m1/s1. The third-order valence-corrected chi connectivity index (χ3v) is 5.30. The summed E-state index contributed by atoms with van der Waals surface area (Å²) in [5.41, 5.74) is 5.84. The number of nitrogens with one attached hydrogen (secondary N) is 1. The topological polar surface area (TPSA) is 59.1 Å². The Bertz CT molecular complexity index is 1070. The Labute approximate surface area is 184 Å². The van der Waals surface area contributed by atoms with Crippen LogP contribution in [-0.4, -0.2) is 16.7 Å². The first-order valence-corrected chi connectivity index (χ1v) is 10.5. The fourth-order valence-electron chi connectivity index (χ4n) is 3.49. The van der Waals surface area contributed by atoms with Crippen molar-refractivity contribution >= 4 is 17.4 Å². The molecule has 3 rings (SSSR count). The molecule has 3 aromatic rings. The van der Waals surface area contributed by atoms with E-state index < -0.39 is 0 Å². The highest BCUT2D eigenvalue weighted by Gasteiger charge is 2.11. The van der Waals surface area contributed by atoms with Gasteiger partial charge in [0.05, 0.1) is 5.56 Å². The summed E-state index contributed by atoms with van der Waals surface area (Å²) in [5, 5.41) is 2.97. The van der Waals surface area contributed by atoms with Gasteiger partial charge in [-0.05, 0) is 72.2 Å². The molecule has 0 fully saturated rings. The molecule has 0 radical (unpaired) electrons. The number of hydrogen-bond donors (Lipinski definition) is 1. The van der Waals surface area contributed by atoms with Gasteiger partial charge >= 0.3 is 0 Å². The highest BCUT2D eigenvalue weighted by Crippen LogP contribution is 2.24. The molecule has 158 valence electrons. The first-order chi connectivity index (χ1) is 14.9. The fourth-order valence-corrected chi connectivity index (χ4v) is 3.49. The number of aryl methyl sites for hydroxylation is 2. The predicted octanol–water partition coefficient (Wildman–Crippen LogP) is 5.68. The van der Waals surface area contributed by atoms with Crippen LogP contribution in [0.4, 0.5) is 5.69 Å². The summed E-state index contributed by atoms with van der Waals surface area (Å²) in [5.74, 6) is 0.209. The number of carbonyl (C=O) groups excluding carboxylic acids is 2. The highest BCUT2D eigenvalue weighted by molar-refractivity contribution is 6.04. The Morgan fingerprint density at radius 3 is 2.52 bits per heavy atom. The van der Waals surface area contributed by atoms with Gasteiger partial charge in [-0.25, -0.2) is 0 Å². The smallest absolute Gasteiger partial charge is 0.257 e. The molecule has 1 heterocycles. The van der Waals surface area contributed by atoms with Gasteiger partial charge in [-0.15, -0.1) is 0 Å². The lowest BCUT2D eigenvalue weighted by molar-refractivity contribution is -0.114. The number of hydrogen-bond acceptors (Lipinski definition) is 3. The van der Waals surface area contributed by atoms with Crippen molar-refractivity contribution in [1.82, 2.24) is 4.98 Å². The van der Waals surface area contributed by atoms with E-state index in [1.54, 1.807) is 12.4 Å². The Kier molecular flexibility index (Phi) is 7.50. The van der Waals surface area contributed by atoms with Gasteiger partial charge in [0.15, 0.2) is 5.78 Å². The Morgan fingerprint density at radius 2 is 1.81 bits per heavy atom.